The molecule has 1 aliphatic heterocycles. The van der Waals surface area contributed by atoms with Crippen molar-refractivity contribution in [2.75, 3.05) is 31.6 Å². The third-order valence-corrected chi connectivity index (χ3v) is 4.42. The molecule has 1 aromatic heterocycles. The van der Waals surface area contributed by atoms with Gasteiger partial charge in [0.15, 0.2) is 5.76 Å². The molecule has 6 heteroatoms. The fourth-order valence-corrected chi connectivity index (χ4v) is 3.14. The molecule has 2 aromatic rings. The van der Waals surface area contributed by atoms with E-state index in [-0.39, 0.29) is 5.91 Å². The first-order valence-electron chi connectivity index (χ1n) is 8.02. The molecule has 5 nitrogen and oxygen atoms in total. The molecule has 0 saturated carbocycles. The number of rotatable bonds is 6. The predicted octanol–water partition coefficient (Wildman–Crippen LogP) is 3.34. The van der Waals surface area contributed by atoms with Crippen LogP contribution in [-0.2, 0) is 11.3 Å². The van der Waals surface area contributed by atoms with Crippen molar-refractivity contribution in [3.05, 3.63) is 52.9 Å². The first kappa shape index (κ1) is 16.9. The highest BCUT2D eigenvalue weighted by Gasteiger charge is 2.23. The van der Waals surface area contributed by atoms with Crippen molar-refractivity contribution in [3.63, 3.8) is 0 Å². The number of furan rings is 1. The zero-order valence-electron chi connectivity index (χ0n) is 13.6. The summed E-state index contributed by atoms with van der Waals surface area (Å²) < 4.78 is 10.4. The van der Waals surface area contributed by atoms with Gasteiger partial charge in [0.2, 0.25) is 0 Å². The van der Waals surface area contributed by atoms with Gasteiger partial charge in [0.25, 0.3) is 5.91 Å². The van der Waals surface area contributed by atoms with E-state index >= 15 is 0 Å². The second-order valence-corrected chi connectivity index (χ2v) is 6.43. The highest BCUT2D eigenvalue weighted by Crippen LogP contribution is 2.25. The van der Waals surface area contributed by atoms with Gasteiger partial charge in [0.05, 0.1) is 0 Å². The van der Waals surface area contributed by atoms with Gasteiger partial charge in [-0.1, -0.05) is 17.7 Å². The van der Waals surface area contributed by atoms with Crippen LogP contribution in [0, 0.1) is 5.92 Å². The van der Waals surface area contributed by atoms with Crippen molar-refractivity contribution >= 4 is 23.2 Å². The minimum Gasteiger partial charge on any atom is -0.453 e. The highest BCUT2D eigenvalue weighted by atomic mass is 35.5. The van der Waals surface area contributed by atoms with E-state index in [0.717, 1.165) is 30.2 Å². The van der Waals surface area contributed by atoms with Crippen LogP contribution in [0.15, 0.2) is 40.8 Å². The molecule has 0 unspecified atom stereocenters. The molecular formula is C18H21ClN2O3. The van der Waals surface area contributed by atoms with Crippen LogP contribution in [0.3, 0.4) is 0 Å². The molecule has 1 atom stereocenters. The Morgan fingerprint density at radius 3 is 3.08 bits per heavy atom. The number of carbonyl (C=O) groups excluding carboxylic acids is 1. The van der Waals surface area contributed by atoms with Gasteiger partial charge in [-0.3, -0.25) is 4.79 Å². The number of amides is 1. The number of nitrogens with zero attached hydrogens (tertiary/aromatic N) is 1. The van der Waals surface area contributed by atoms with Crippen LogP contribution in [0.5, 0.6) is 0 Å². The molecule has 1 N–H and O–H groups in total. The van der Waals surface area contributed by atoms with E-state index in [2.05, 4.69) is 16.3 Å². The number of anilines is 1. The van der Waals surface area contributed by atoms with E-state index in [1.54, 1.807) is 19.2 Å². The standard InChI is InChI=1S/C18H21ClN2O3/c1-23-12-16-5-6-17(24-16)18(22)20-10-13-7-8-21(11-13)15-4-2-3-14(19)9-15/h2-6,9,13H,7-8,10-12H2,1H3,(H,20,22)/t13-/m0/s1. The largest absolute Gasteiger partial charge is 0.453 e. The number of methoxy groups -OCH3 is 1. The first-order chi connectivity index (χ1) is 11.7. The fraction of sp³-hybridized carbons (Fsp3) is 0.389. The van der Waals surface area contributed by atoms with E-state index in [9.17, 15) is 4.79 Å². The summed E-state index contributed by atoms with van der Waals surface area (Å²) in [7, 11) is 1.59. The Bertz CT molecular complexity index is 701. The smallest absolute Gasteiger partial charge is 0.287 e. The normalized spacial score (nSPS) is 17.2. The topological polar surface area (TPSA) is 54.7 Å². The van der Waals surface area contributed by atoms with E-state index < -0.39 is 0 Å². The third kappa shape index (κ3) is 4.10. The Morgan fingerprint density at radius 1 is 1.42 bits per heavy atom. The van der Waals surface area contributed by atoms with Gasteiger partial charge < -0.3 is 19.4 Å². The second kappa shape index (κ2) is 7.73. The molecule has 1 saturated heterocycles. The van der Waals surface area contributed by atoms with Crippen LogP contribution < -0.4 is 10.2 Å². The van der Waals surface area contributed by atoms with Crippen LogP contribution in [0.2, 0.25) is 5.02 Å². The number of hydrogen-bond donors (Lipinski definition) is 1. The van der Waals surface area contributed by atoms with Crippen LogP contribution in [-0.4, -0.2) is 32.7 Å². The molecule has 128 valence electrons. The van der Waals surface area contributed by atoms with Gasteiger partial charge in [-0.25, -0.2) is 0 Å². The Morgan fingerprint density at radius 2 is 2.29 bits per heavy atom. The first-order valence-corrected chi connectivity index (χ1v) is 8.40. The van der Waals surface area contributed by atoms with Crippen LogP contribution in [0.1, 0.15) is 22.7 Å². The molecule has 2 heterocycles. The van der Waals surface area contributed by atoms with E-state index in [1.165, 1.54) is 0 Å². The maximum absolute atomic E-state index is 12.1. The molecule has 1 aliphatic rings. The van der Waals surface area contributed by atoms with Crippen molar-refractivity contribution in [2.45, 2.75) is 13.0 Å². The van der Waals surface area contributed by atoms with E-state index in [0.29, 0.717) is 30.6 Å². The van der Waals surface area contributed by atoms with Gasteiger partial charge in [-0.2, -0.15) is 0 Å². The highest BCUT2D eigenvalue weighted by molar-refractivity contribution is 6.30. The second-order valence-electron chi connectivity index (χ2n) is 5.99. The minimum atomic E-state index is -0.182. The molecule has 1 aromatic carbocycles. The zero-order chi connectivity index (χ0) is 16.9. The Labute approximate surface area is 146 Å². The maximum atomic E-state index is 12.1. The Kier molecular flexibility index (Phi) is 5.43. The number of benzene rings is 1. The maximum Gasteiger partial charge on any atom is 0.287 e. The number of ether oxygens (including phenoxy) is 1. The number of carbonyl (C=O) groups is 1. The van der Waals surface area contributed by atoms with Crippen molar-refractivity contribution in [1.29, 1.82) is 0 Å². The summed E-state index contributed by atoms with van der Waals surface area (Å²) in [5.74, 6) is 1.21. The molecule has 1 fully saturated rings. The summed E-state index contributed by atoms with van der Waals surface area (Å²) in [6.45, 7) is 2.88. The summed E-state index contributed by atoms with van der Waals surface area (Å²) in [4.78, 5) is 14.4. The molecule has 0 aliphatic carbocycles. The average Bonchev–Trinajstić information content (AvgIpc) is 3.22. The lowest BCUT2D eigenvalue weighted by atomic mass is 10.1. The SMILES string of the molecule is COCc1ccc(C(=O)NC[C@@H]2CCN(c3cccc(Cl)c3)C2)o1. The average molecular weight is 349 g/mol. The van der Waals surface area contributed by atoms with Gasteiger partial charge >= 0.3 is 0 Å². The zero-order valence-corrected chi connectivity index (χ0v) is 14.4. The van der Waals surface area contributed by atoms with Gasteiger partial charge in [-0.15, -0.1) is 0 Å². The number of halogens is 1. The van der Waals surface area contributed by atoms with E-state index in [4.69, 9.17) is 20.8 Å². The van der Waals surface area contributed by atoms with Crippen molar-refractivity contribution < 1.29 is 13.9 Å². The summed E-state index contributed by atoms with van der Waals surface area (Å²) in [5.41, 5.74) is 1.13. The monoisotopic (exact) mass is 348 g/mol. The number of nitrogens with one attached hydrogen (secondary N) is 1. The van der Waals surface area contributed by atoms with Crippen molar-refractivity contribution in [3.8, 4) is 0 Å². The molecule has 1 amide bonds. The summed E-state index contributed by atoms with van der Waals surface area (Å²) in [6, 6.07) is 11.3. The summed E-state index contributed by atoms with van der Waals surface area (Å²) in [5, 5.41) is 3.70. The van der Waals surface area contributed by atoms with E-state index in [1.807, 2.05) is 18.2 Å². The van der Waals surface area contributed by atoms with Gasteiger partial charge in [-0.05, 0) is 42.7 Å². The lowest BCUT2D eigenvalue weighted by Crippen LogP contribution is -2.30. The fourth-order valence-electron chi connectivity index (χ4n) is 2.95. The van der Waals surface area contributed by atoms with Crippen molar-refractivity contribution in [1.82, 2.24) is 5.32 Å². The molecule has 0 spiro atoms. The summed E-state index contributed by atoms with van der Waals surface area (Å²) in [6.07, 6.45) is 1.04. The van der Waals surface area contributed by atoms with Gasteiger partial charge in [0.1, 0.15) is 12.4 Å². The van der Waals surface area contributed by atoms with Gasteiger partial charge in [0, 0.05) is 37.5 Å². The lowest BCUT2D eigenvalue weighted by Gasteiger charge is -2.19. The lowest BCUT2D eigenvalue weighted by molar-refractivity contribution is 0.0912. The molecule has 0 bridgehead atoms. The molecule has 3 rings (SSSR count). The van der Waals surface area contributed by atoms with Crippen LogP contribution in [0.25, 0.3) is 0 Å². The van der Waals surface area contributed by atoms with Crippen LogP contribution >= 0.6 is 11.6 Å². The third-order valence-electron chi connectivity index (χ3n) is 4.18. The Hall–Kier alpha value is -1.98. The van der Waals surface area contributed by atoms with Crippen molar-refractivity contribution in [2.24, 2.45) is 5.92 Å². The molecular weight excluding hydrogens is 328 g/mol. The minimum absolute atomic E-state index is 0.182. The van der Waals surface area contributed by atoms with Crippen LogP contribution in [0.4, 0.5) is 5.69 Å². The summed E-state index contributed by atoms with van der Waals surface area (Å²) >= 11 is 6.05. The molecule has 0 radical (unpaired) electrons. The number of hydrogen-bond acceptors (Lipinski definition) is 4. The quantitative estimate of drug-likeness (QED) is 0.870. The Balaban J connectivity index is 1.49. The predicted molar refractivity (Wildman–Crippen MR) is 93.5 cm³/mol. The molecule has 24 heavy (non-hydrogen) atoms.